The van der Waals surface area contributed by atoms with E-state index in [1.54, 1.807) is 29.8 Å². The summed E-state index contributed by atoms with van der Waals surface area (Å²) < 4.78 is 7.68. The molecule has 3 rings (SSSR count). The summed E-state index contributed by atoms with van der Waals surface area (Å²) in [6, 6.07) is 6.29. The minimum atomic E-state index is 0.945. The first-order chi connectivity index (χ1) is 6.88. The Bertz CT molecular complexity index is 596. The third-order valence-corrected chi connectivity index (χ3v) is 4.08. The lowest BCUT2D eigenvalue weighted by atomic mass is 10.2. The minimum absolute atomic E-state index is 0.945. The van der Waals surface area contributed by atoms with E-state index in [0.29, 0.717) is 0 Å². The molecule has 1 aromatic carbocycles. The first-order valence-corrected chi connectivity index (χ1v) is 5.88. The molecule has 0 bridgehead atoms. The van der Waals surface area contributed by atoms with E-state index in [1.165, 1.54) is 14.8 Å². The molecule has 0 saturated carbocycles. The van der Waals surface area contributed by atoms with Crippen LogP contribution >= 0.6 is 22.7 Å². The molecular weight excluding hydrogens is 214 g/mol. The number of thiophene rings is 1. The van der Waals surface area contributed by atoms with Gasteiger partial charge >= 0.3 is 0 Å². The first-order valence-electron chi connectivity index (χ1n) is 4.18. The quantitative estimate of drug-likeness (QED) is 0.627. The van der Waals surface area contributed by atoms with Gasteiger partial charge in [-0.25, -0.2) is 4.98 Å². The zero-order chi connectivity index (χ0) is 9.54. The fraction of sp³-hybridized carbons (Fsp3) is 0.100. The largest absolute Gasteiger partial charge is 0.487 e. The molecule has 3 aromatic rings. The van der Waals surface area contributed by atoms with Crippen molar-refractivity contribution in [3.05, 3.63) is 23.7 Å². The molecule has 0 radical (unpaired) electrons. The molecule has 0 aliphatic carbocycles. The van der Waals surface area contributed by atoms with Crippen LogP contribution in [0.5, 0.6) is 5.06 Å². The van der Waals surface area contributed by atoms with Gasteiger partial charge in [0.25, 0.3) is 0 Å². The molecule has 4 heteroatoms. The van der Waals surface area contributed by atoms with Gasteiger partial charge in [0.2, 0.25) is 0 Å². The topological polar surface area (TPSA) is 22.1 Å². The highest BCUT2D eigenvalue weighted by Crippen LogP contribution is 2.36. The Morgan fingerprint density at radius 2 is 2.29 bits per heavy atom. The number of hydrogen-bond donors (Lipinski definition) is 0. The lowest BCUT2D eigenvalue weighted by molar-refractivity contribution is 0.427. The Balaban J connectivity index is 2.49. The van der Waals surface area contributed by atoms with E-state index in [-0.39, 0.29) is 0 Å². The molecule has 70 valence electrons. The molecule has 2 heterocycles. The summed E-state index contributed by atoms with van der Waals surface area (Å²) in [5.41, 5.74) is 2.98. The van der Waals surface area contributed by atoms with Crippen molar-refractivity contribution in [2.75, 3.05) is 7.11 Å². The van der Waals surface area contributed by atoms with Crippen LogP contribution in [0, 0.1) is 0 Å². The van der Waals surface area contributed by atoms with Gasteiger partial charge in [0.05, 0.1) is 27.5 Å². The maximum atomic E-state index is 5.22. The van der Waals surface area contributed by atoms with Gasteiger partial charge in [-0.2, -0.15) is 0 Å². The second-order valence-corrected chi connectivity index (χ2v) is 4.85. The van der Waals surface area contributed by atoms with Crippen molar-refractivity contribution in [2.45, 2.75) is 0 Å². The maximum absolute atomic E-state index is 5.22. The second-order valence-electron chi connectivity index (χ2n) is 2.95. The van der Waals surface area contributed by atoms with Crippen LogP contribution in [-0.2, 0) is 0 Å². The van der Waals surface area contributed by atoms with Crippen molar-refractivity contribution in [1.29, 1.82) is 0 Å². The predicted molar refractivity (Wildman–Crippen MR) is 61.6 cm³/mol. The van der Waals surface area contributed by atoms with Gasteiger partial charge < -0.3 is 4.74 Å². The molecule has 0 atom stereocenters. The summed E-state index contributed by atoms with van der Waals surface area (Å²) in [5.74, 6) is 0. The minimum Gasteiger partial charge on any atom is -0.487 e. The third kappa shape index (κ3) is 1.04. The number of rotatable bonds is 1. The Morgan fingerprint density at radius 1 is 1.36 bits per heavy atom. The Kier molecular flexibility index (Phi) is 1.72. The van der Waals surface area contributed by atoms with Crippen molar-refractivity contribution >= 4 is 43.0 Å². The summed E-state index contributed by atoms with van der Waals surface area (Å²) in [7, 11) is 1.70. The summed E-state index contributed by atoms with van der Waals surface area (Å²) in [5, 5.41) is 2.16. The van der Waals surface area contributed by atoms with E-state index in [9.17, 15) is 0 Å². The Hall–Kier alpha value is -1.13. The molecule has 0 aliphatic rings. The number of thiazole rings is 1. The van der Waals surface area contributed by atoms with Crippen molar-refractivity contribution in [1.82, 2.24) is 4.98 Å². The summed E-state index contributed by atoms with van der Waals surface area (Å²) >= 11 is 3.33. The number of benzene rings is 1. The summed E-state index contributed by atoms with van der Waals surface area (Å²) in [6.07, 6.45) is 0. The standard InChI is InChI=1S/C10H7NOS2/c1-12-8-4-6-2-3-7-9(10(6)14-8)11-5-13-7/h2-5H,1H3. The molecule has 0 saturated heterocycles. The lowest BCUT2D eigenvalue weighted by Crippen LogP contribution is -1.73. The van der Waals surface area contributed by atoms with Gasteiger partial charge in [0.1, 0.15) is 0 Å². The van der Waals surface area contributed by atoms with Crippen LogP contribution in [0.2, 0.25) is 0 Å². The molecular formula is C10H7NOS2. The first kappa shape index (κ1) is 8.20. The van der Waals surface area contributed by atoms with E-state index >= 15 is 0 Å². The fourth-order valence-corrected chi connectivity index (χ4v) is 3.22. The van der Waals surface area contributed by atoms with Gasteiger partial charge in [-0.1, -0.05) is 17.4 Å². The molecule has 2 aromatic heterocycles. The molecule has 0 amide bonds. The highest BCUT2D eigenvalue weighted by atomic mass is 32.1. The van der Waals surface area contributed by atoms with Crippen molar-refractivity contribution in [3.63, 3.8) is 0 Å². The summed E-state index contributed by atoms with van der Waals surface area (Å²) in [6.45, 7) is 0. The maximum Gasteiger partial charge on any atom is 0.174 e. The molecule has 0 aliphatic heterocycles. The molecule has 0 unspecified atom stereocenters. The highest BCUT2D eigenvalue weighted by Gasteiger charge is 2.07. The molecule has 2 nitrogen and oxygen atoms in total. The van der Waals surface area contributed by atoms with Crippen LogP contribution in [0.4, 0.5) is 0 Å². The summed E-state index contributed by atoms with van der Waals surface area (Å²) in [4.78, 5) is 4.37. The fourth-order valence-electron chi connectivity index (χ4n) is 1.50. The zero-order valence-electron chi connectivity index (χ0n) is 7.48. The molecule has 0 spiro atoms. The molecule has 0 N–H and O–H groups in total. The number of nitrogens with zero attached hydrogens (tertiary/aromatic N) is 1. The molecule has 14 heavy (non-hydrogen) atoms. The predicted octanol–water partition coefficient (Wildman–Crippen LogP) is 3.52. The molecule has 0 fully saturated rings. The van der Waals surface area contributed by atoms with Crippen LogP contribution < -0.4 is 4.74 Å². The van der Waals surface area contributed by atoms with Gasteiger partial charge in [-0.15, -0.1) is 11.3 Å². The number of hydrogen-bond acceptors (Lipinski definition) is 4. The van der Waals surface area contributed by atoms with Gasteiger partial charge in [-0.3, -0.25) is 0 Å². The van der Waals surface area contributed by atoms with E-state index < -0.39 is 0 Å². The second kappa shape index (κ2) is 2.93. The highest BCUT2D eigenvalue weighted by molar-refractivity contribution is 7.23. The lowest BCUT2D eigenvalue weighted by Gasteiger charge is -1.88. The smallest absolute Gasteiger partial charge is 0.174 e. The average Bonchev–Trinajstić information content (AvgIpc) is 2.82. The van der Waals surface area contributed by atoms with Crippen LogP contribution in [-0.4, -0.2) is 12.1 Å². The van der Waals surface area contributed by atoms with Gasteiger partial charge in [0.15, 0.2) is 5.06 Å². The third-order valence-electron chi connectivity index (χ3n) is 2.16. The van der Waals surface area contributed by atoms with E-state index in [4.69, 9.17) is 4.74 Å². The van der Waals surface area contributed by atoms with Crippen molar-refractivity contribution in [2.24, 2.45) is 0 Å². The van der Waals surface area contributed by atoms with Gasteiger partial charge in [-0.05, 0) is 17.5 Å². The van der Waals surface area contributed by atoms with Crippen LogP contribution in [0.3, 0.4) is 0 Å². The average molecular weight is 221 g/mol. The van der Waals surface area contributed by atoms with Crippen molar-refractivity contribution in [3.8, 4) is 5.06 Å². The van der Waals surface area contributed by atoms with Crippen molar-refractivity contribution < 1.29 is 4.74 Å². The number of fused-ring (bicyclic) bond motifs is 3. The number of ether oxygens (including phenoxy) is 1. The zero-order valence-corrected chi connectivity index (χ0v) is 9.11. The normalized spacial score (nSPS) is 11.2. The van der Waals surface area contributed by atoms with Gasteiger partial charge in [0, 0.05) is 0 Å². The SMILES string of the molecule is COc1cc2ccc3scnc3c2s1. The van der Waals surface area contributed by atoms with Crippen LogP contribution in [0.1, 0.15) is 0 Å². The Labute approximate surface area is 88.8 Å². The monoisotopic (exact) mass is 221 g/mol. The van der Waals surface area contributed by atoms with E-state index in [2.05, 4.69) is 23.2 Å². The Morgan fingerprint density at radius 3 is 3.14 bits per heavy atom. The van der Waals surface area contributed by atoms with Crippen LogP contribution in [0.25, 0.3) is 20.3 Å². The number of methoxy groups -OCH3 is 1. The van der Waals surface area contributed by atoms with E-state index in [1.807, 2.05) is 5.51 Å². The van der Waals surface area contributed by atoms with Crippen LogP contribution in [0.15, 0.2) is 23.7 Å². The van der Waals surface area contributed by atoms with E-state index in [0.717, 1.165) is 10.6 Å². The number of aromatic nitrogens is 1.